The third-order valence-corrected chi connectivity index (χ3v) is 4.08. The quantitative estimate of drug-likeness (QED) is 0.839. The molecule has 0 amide bonds. The molecule has 2 rings (SSSR count). The molecule has 1 heterocycles. The van der Waals surface area contributed by atoms with E-state index in [1.165, 1.54) is 23.5 Å². The van der Waals surface area contributed by atoms with E-state index in [0.717, 1.165) is 25.3 Å². The van der Waals surface area contributed by atoms with Crippen LogP contribution in [0.25, 0.3) is 0 Å². The SMILES string of the molecule is CCCOc1ccc(CNC2CCSC2)cc1. The third kappa shape index (κ3) is 4.25. The molecule has 1 aliphatic rings. The molecule has 0 spiro atoms. The van der Waals surface area contributed by atoms with Crippen molar-refractivity contribution in [3.05, 3.63) is 29.8 Å². The van der Waals surface area contributed by atoms with Gasteiger partial charge in [-0.3, -0.25) is 0 Å². The van der Waals surface area contributed by atoms with Crippen molar-refractivity contribution >= 4 is 11.8 Å². The van der Waals surface area contributed by atoms with Gasteiger partial charge >= 0.3 is 0 Å². The smallest absolute Gasteiger partial charge is 0.119 e. The Morgan fingerprint density at radius 3 is 2.82 bits per heavy atom. The minimum absolute atomic E-state index is 0.705. The molecule has 1 aromatic carbocycles. The summed E-state index contributed by atoms with van der Waals surface area (Å²) in [4.78, 5) is 0. The highest BCUT2D eigenvalue weighted by atomic mass is 32.2. The molecule has 1 aromatic rings. The van der Waals surface area contributed by atoms with Crippen LogP contribution in [-0.2, 0) is 6.54 Å². The molecule has 1 saturated heterocycles. The molecule has 0 radical (unpaired) electrons. The fraction of sp³-hybridized carbons (Fsp3) is 0.571. The highest BCUT2D eigenvalue weighted by Gasteiger charge is 2.13. The van der Waals surface area contributed by atoms with Crippen LogP contribution < -0.4 is 10.1 Å². The van der Waals surface area contributed by atoms with E-state index in [1.807, 2.05) is 11.8 Å². The summed E-state index contributed by atoms with van der Waals surface area (Å²) in [5, 5.41) is 3.60. The Morgan fingerprint density at radius 2 is 2.18 bits per heavy atom. The molecular weight excluding hydrogens is 230 g/mol. The van der Waals surface area contributed by atoms with Crippen LogP contribution >= 0.6 is 11.8 Å². The van der Waals surface area contributed by atoms with Gasteiger partial charge in [0.15, 0.2) is 0 Å². The number of benzene rings is 1. The minimum atomic E-state index is 0.705. The first kappa shape index (κ1) is 12.8. The maximum Gasteiger partial charge on any atom is 0.119 e. The van der Waals surface area contributed by atoms with Gasteiger partial charge in [-0.25, -0.2) is 0 Å². The molecule has 94 valence electrons. The number of hydrogen-bond acceptors (Lipinski definition) is 3. The van der Waals surface area contributed by atoms with Gasteiger partial charge in [-0.2, -0.15) is 11.8 Å². The van der Waals surface area contributed by atoms with Crippen LogP contribution in [0.15, 0.2) is 24.3 Å². The highest BCUT2D eigenvalue weighted by Crippen LogP contribution is 2.18. The van der Waals surface area contributed by atoms with Crippen LogP contribution in [0.1, 0.15) is 25.3 Å². The zero-order valence-corrected chi connectivity index (χ0v) is 11.3. The normalized spacial score (nSPS) is 19.5. The van der Waals surface area contributed by atoms with Crippen LogP contribution in [0.2, 0.25) is 0 Å². The summed E-state index contributed by atoms with van der Waals surface area (Å²) in [5.74, 6) is 3.55. The summed E-state index contributed by atoms with van der Waals surface area (Å²) in [6.07, 6.45) is 2.37. The summed E-state index contributed by atoms with van der Waals surface area (Å²) in [6.45, 7) is 3.90. The molecule has 1 aliphatic heterocycles. The average Bonchev–Trinajstić information content (AvgIpc) is 2.88. The summed E-state index contributed by atoms with van der Waals surface area (Å²) >= 11 is 2.05. The molecule has 1 N–H and O–H groups in total. The Morgan fingerprint density at radius 1 is 1.35 bits per heavy atom. The Hall–Kier alpha value is -0.670. The summed E-state index contributed by atoms with van der Waals surface area (Å²) < 4.78 is 5.56. The van der Waals surface area contributed by atoms with Crippen molar-refractivity contribution in [3.63, 3.8) is 0 Å². The lowest BCUT2D eigenvalue weighted by Crippen LogP contribution is -2.27. The van der Waals surface area contributed by atoms with E-state index in [0.29, 0.717) is 6.04 Å². The largest absolute Gasteiger partial charge is 0.494 e. The second-order valence-corrected chi connectivity index (χ2v) is 5.58. The highest BCUT2D eigenvalue weighted by molar-refractivity contribution is 7.99. The van der Waals surface area contributed by atoms with Gasteiger partial charge in [0, 0.05) is 18.3 Å². The van der Waals surface area contributed by atoms with Crippen molar-refractivity contribution in [2.45, 2.75) is 32.4 Å². The van der Waals surface area contributed by atoms with Gasteiger partial charge in [0.2, 0.25) is 0 Å². The van der Waals surface area contributed by atoms with Crippen LogP contribution in [0.4, 0.5) is 0 Å². The van der Waals surface area contributed by atoms with Crippen molar-refractivity contribution in [3.8, 4) is 5.75 Å². The topological polar surface area (TPSA) is 21.3 Å². The Bertz CT molecular complexity index is 319. The monoisotopic (exact) mass is 251 g/mol. The van der Waals surface area contributed by atoms with E-state index in [1.54, 1.807) is 0 Å². The van der Waals surface area contributed by atoms with Gasteiger partial charge in [0.25, 0.3) is 0 Å². The van der Waals surface area contributed by atoms with E-state index < -0.39 is 0 Å². The van der Waals surface area contributed by atoms with Gasteiger partial charge in [-0.1, -0.05) is 19.1 Å². The maximum atomic E-state index is 5.56. The Kier molecular flexibility index (Phi) is 5.20. The van der Waals surface area contributed by atoms with Crippen molar-refractivity contribution in [1.29, 1.82) is 0 Å². The molecule has 0 aliphatic carbocycles. The number of thioether (sulfide) groups is 1. The molecule has 2 nitrogen and oxygen atoms in total. The fourth-order valence-corrected chi connectivity index (χ4v) is 3.07. The predicted molar refractivity (Wildman–Crippen MR) is 74.8 cm³/mol. The zero-order valence-electron chi connectivity index (χ0n) is 10.4. The summed E-state index contributed by atoms with van der Waals surface area (Å²) in [7, 11) is 0. The first-order chi connectivity index (χ1) is 8.38. The van der Waals surface area contributed by atoms with Crippen LogP contribution in [0.5, 0.6) is 5.75 Å². The van der Waals surface area contributed by atoms with E-state index in [9.17, 15) is 0 Å². The summed E-state index contributed by atoms with van der Waals surface area (Å²) in [5.41, 5.74) is 1.34. The Balaban J connectivity index is 1.76. The van der Waals surface area contributed by atoms with Gasteiger partial charge < -0.3 is 10.1 Å². The Labute approximate surface area is 108 Å². The fourth-order valence-electron chi connectivity index (χ4n) is 1.88. The molecule has 0 saturated carbocycles. The van der Waals surface area contributed by atoms with Crippen molar-refractivity contribution in [1.82, 2.24) is 5.32 Å². The van der Waals surface area contributed by atoms with E-state index >= 15 is 0 Å². The molecule has 1 atom stereocenters. The zero-order chi connectivity index (χ0) is 11.9. The van der Waals surface area contributed by atoms with E-state index in [4.69, 9.17) is 4.74 Å². The lowest BCUT2D eigenvalue weighted by Gasteiger charge is -2.11. The molecule has 3 heteroatoms. The average molecular weight is 251 g/mol. The third-order valence-electron chi connectivity index (χ3n) is 2.92. The first-order valence-electron chi connectivity index (χ1n) is 6.41. The van der Waals surface area contributed by atoms with E-state index in [2.05, 4.69) is 36.5 Å². The lowest BCUT2D eigenvalue weighted by atomic mass is 10.2. The molecule has 17 heavy (non-hydrogen) atoms. The first-order valence-corrected chi connectivity index (χ1v) is 7.57. The standard InChI is InChI=1S/C14H21NOS/c1-2-8-16-14-5-3-12(4-6-14)10-15-13-7-9-17-11-13/h3-6,13,15H,2,7-11H2,1H3. The molecule has 0 bridgehead atoms. The van der Waals surface area contributed by atoms with Gasteiger partial charge in [0.05, 0.1) is 6.61 Å². The number of nitrogens with one attached hydrogen (secondary N) is 1. The van der Waals surface area contributed by atoms with Gasteiger partial charge in [0.1, 0.15) is 5.75 Å². The van der Waals surface area contributed by atoms with Crippen molar-refractivity contribution in [2.75, 3.05) is 18.1 Å². The maximum absolute atomic E-state index is 5.56. The number of ether oxygens (including phenoxy) is 1. The second kappa shape index (κ2) is 6.92. The van der Waals surface area contributed by atoms with Gasteiger partial charge in [-0.05, 0) is 36.3 Å². The molecular formula is C14H21NOS. The van der Waals surface area contributed by atoms with Crippen molar-refractivity contribution in [2.24, 2.45) is 0 Å². The van der Waals surface area contributed by atoms with Crippen LogP contribution in [0.3, 0.4) is 0 Å². The summed E-state index contributed by atoms with van der Waals surface area (Å²) in [6, 6.07) is 9.14. The number of rotatable bonds is 6. The second-order valence-electron chi connectivity index (χ2n) is 4.43. The molecule has 1 unspecified atom stereocenters. The van der Waals surface area contributed by atoms with Gasteiger partial charge in [-0.15, -0.1) is 0 Å². The van der Waals surface area contributed by atoms with Crippen LogP contribution in [-0.4, -0.2) is 24.2 Å². The molecule has 1 fully saturated rings. The van der Waals surface area contributed by atoms with Crippen LogP contribution in [0, 0.1) is 0 Å². The molecule has 0 aromatic heterocycles. The van der Waals surface area contributed by atoms with Crippen molar-refractivity contribution < 1.29 is 4.74 Å². The number of hydrogen-bond donors (Lipinski definition) is 1. The lowest BCUT2D eigenvalue weighted by molar-refractivity contribution is 0.317. The van der Waals surface area contributed by atoms with E-state index in [-0.39, 0.29) is 0 Å². The minimum Gasteiger partial charge on any atom is -0.494 e. The predicted octanol–water partition coefficient (Wildman–Crippen LogP) is 3.07.